The second kappa shape index (κ2) is 7.33. The molecule has 1 amide bonds. The van der Waals surface area contributed by atoms with E-state index in [9.17, 15) is 14.7 Å². The molecule has 0 saturated carbocycles. The zero-order chi connectivity index (χ0) is 17.1. The van der Waals surface area contributed by atoms with Crippen LogP contribution in [0.15, 0.2) is 21.5 Å². The third-order valence-corrected chi connectivity index (χ3v) is 4.97. The average Bonchev–Trinajstić information content (AvgIpc) is 2.74. The van der Waals surface area contributed by atoms with Crippen molar-refractivity contribution in [3.8, 4) is 11.5 Å². The van der Waals surface area contributed by atoms with Crippen LogP contribution in [0.1, 0.15) is 12.0 Å². The summed E-state index contributed by atoms with van der Waals surface area (Å²) in [4.78, 5) is 24.6. The summed E-state index contributed by atoms with van der Waals surface area (Å²) in [7, 11) is 1.43. The maximum Gasteiger partial charge on any atom is 0.305 e. The number of hydrogen-bond acceptors (Lipinski definition) is 6. The molecule has 122 valence electrons. The van der Waals surface area contributed by atoms with E-state index in [1.165, 1.54) is 12.0 Å². The SMILES string of the molecule is COc1cc(/C=C2/SC(=S)N(CCC(=O)O)C2=O)cc(Br)c1O. The molecule has 1 heterocycles. The summed E-state index contributed by atoms with van der Waals surface area (Å²) >= 11 is 9.44. The number of hydrogen-bond donors (Lipinski definition) is 2. The molecule has 0 aliphatic carbocycles. The fraction of sp³-hybridized carbons (Fsp3) is 0.214. The van der Waals surface area contributed by atoms with Crippen LogP contribution in [-0.2, 0) is 9.59 Å². The van der Waals surface area contributed by atoms with Crippen LogP contribution in [0.5, 0.6) is 11.5 Å². The summed E-state index contributed by atoms with van der Waals surface area (Å²) in [6.07, 6.45) is 1.45. The Morgan fingerprint density at radius 2 is 2.22 bits per heavy atom. The second-order valence-corrected chi connectivity index (χ2v) is 7.06. The van der Waals surface area contributed by atoms with Crippen LogP contribution >= 0.6 is 39.9 Å². The number of carboxylic acids is 1. The molecule has 1 aliphatic heterocycles. The van der Waals surface area contributed by atoms with E-state index in [4.69, 9.17) is 22.1 Å². The average molecular weight is 418 g/mol. The quantitative estimate of drug-likeness (QED) is 0.562. The van der Waals surface area contributed by atoms with Gasteiger partial charge in [-0.2, -0.15) is 0 Å². The standard InChI is InChI=1S/C14H12BrNO5S2/c1-21-9-5-7(4-8(15)12(9)19)6-10-13(20)16(14(22)23-10)3-2-11(17)18/h4-6,19H,2-3H2,1H3,(H,17,18)/b10-6+. The van der Waals surface area contributed by atoms with Crippen molar-refractivity contribution in [1.82, 2.24) is 4.90 Å². The molecular weight excluding hydrogens is 406 g/mol. The van der Waals surface area contributed by atoms with Crippen molar-refractivity contribution in [3.05, 3.63) is 27.1 Å². The van der Waals surface area contributed by atoms with Gasteiger partial charge in [0.05, 0.1) is 22.9 Å². The Labute approximate surface area is 150 Å². The summed E-state index contributed by atoms with van der Waals surface area (Å²) < 4.78 is 5.82. The number of aromatic hydroxyl groups is 1. The molecule has 2 rings (SSSR count). The normalized spacial score (nSPS) is 16.3. The monoisotopic (exact) mass is 417 g/mol. The molecule has 9 heteroatoms. The topological polar surface area (TPSA) is 87.1 Å². The molecule has 0 spiro atoms. The van der Waals surface area contributed by atoms with Gasteiger partial charge in [0.15, 0.2) is 11.5 Å². The van der Waals surface area contributed by atoms with Crippen molar-refractivity contribution in [3.63, 3.8) is 0 Å². The number of phenolic OH excluding ortho intramolecular Hbond substituents is 1. The largest absolute Gasteiger partial charge is 0.503 e. The number of rotatable bonds is 5. The maximum atomic E-state index is 12.3. The van der Waals surface area contributed by atoms with Gasteiger partial charge in [0.25, 0.3) is 5.91 Å². The molecule has 0 radical (unpaired) electrons. The van der Waals surface area contributed by atoms with Crippen LogP contribution in [0.25, 0.3) is 6.08 Å². The summed E-state index contributed by atoms with van der Waals surface area (Å²) in [6.45, 7) is 0.0416. The van der Waals surface area contributed by atoms with E-state index < -0.39 is 5.97 Å². The number of carbonyl (C=O) groups excluding carboxylic acids is 1. The number of halogens is 1. The molecule has 23 heavy (non-hydrogen) atoms. The number of carboxylic acid groups (broad SMARTS) is 1. The van der Waals surface area contributed by atoms with Gasteiger partial charge >= 0.3 is 5.97 Å². The van der Waals surface area contributed by atoms with Gasteiger partial charge in [-0.25, -0.2) is 0 Å². The first-order chi connectivity index (χ1) is 10.8. The Morgan fingerprint density at radius 3 is 2.83 bits per heavy atom. The molecule has 1 aromatic carbocycles. The van der Waals surface area contributed by atoms with Crippen molar-refractivity contribution < 1.29 is 24.5 Å². The lowest BCUT2D eigenvalue weighted by molar-refractivity contribution is -0.137. The summed E-state index contributed by atoms with van der Waals surface area (Å²) in [5.41, 5.74) is 0.644. The van der Waals surface area contributed by atoms with Gasteiger partial charge in [-0.1, -0.05) is 24.0 Å². The van der Waals surface area contributed by atoms with Crippen LogP contribution in [0.4, 0.5) is 0 Å². The first kappa shape index (κ1) is 17.8. The number of nitrogens with zero attached hydrogens (tertiary/aromatic N) is 1. The van der Waals surface area contributed by atoms with E-state index in [2.05, 4.69) is 15.9 Å². The number of amides is 1. The Kier molecular flexibility index (Phi) is 5.66. The van der Waals surface area contributed by atoms with E-state index in [0.717, 1.165) is 11.8 Å². The molecule has 1 fully saturated rings. The molecule has 1 aromatic rings. The molecule has 6 nitrogen and oxygen atoms in total. The number of thioether (sulfide) groups is 1. The Morgan fingerprint density at radius 1 is 1.52 bits per heavy atom. The number of benzene rings is 1. The Bertz CT molecular complexity index is 719. The van der Waals surface area contributed by atoms with Crippen molar-refractivity contribution in [2.24, 2.45) is 0 Å². The van der Waals surface area contributed by atoms with Crippen molar-refractivity contribution in [1.29, 1.82) is 0 Å². The minimum absolute atomic E-state index is 0.0290. The summed E-state index contributed by atoms with van der Waals surface area (Å²) in [6, 6.07) is 3.23. The van der Waals surface area contributed by atoms with Gasteiger partial charge < -0.3 is 14.9 Å². The zero-order valence-electron chi connectivity index (χ0n) is 11.9. The van der Waals surface area contributed by atoms with Crippen LogP contribution in [0, 0.1) is 0 Å². The van der Waals surface area contributed by atoms with Crippen molar-refractivity contribution in [2.45, 2.75) is 6.42 Å². The molecule has 1 aliphatic rings. The highest BCUT2D eigenvalue weighted by molar-refractivity contribution is 9.10. The maximum absolute atomic E-state index is 12.3. The van der Waals surface area contributed by atoms with Crippen LogP contribution in [-0.4, -0.2) is 45.0 Å². The predicted molar refractivity (Wildman–Crippen MR) is 94.5 cm³/mol. The van der Waals surface area contributed by atoms with Gasteiger partial charge in [-0.15, -0.1) is 0 Å². The molecule has 0 unspecified atom stereocenters. The van der Waals surface area contributed by atoms with Gasteiger partial charge in [0.1, 0.15) is 4.32 Å². The number of phenols is 1. The third kappa shape index (κ3) is 4.04. The number of ether oxygens (including phenoxy) is 1. The molecule has 0 atom stereocenters. The van der Waals surface area contributed by atoms with E-state index >= 15 is 0 Å². The fourth-order valence-electron chi connectivity index (χ4n) is 1.88. The van der Waals surface area contributed by atoms with E-state index in [-0.39, 0.29) is 30.4 Å². The predicted octanol–water partition coefficient (Wildman–Crippen LogP) is 2.84. The second-order valence-electron chi connectivity index (χ2n) is 4.53. The highest BCUT2D eigenvalue weighted by Gasteiger charge is 2.32. The third-order valence-electron chi connectivity index (χ3n) is 2.99. The van der Waals surface area contributed by atoms with Crippen molar-refractivity contribution >= 4 is 62.2 Å². The highest BCUT2D eigenvalue weighted by Crippen LogP contribution is 2.38. The van der Waals surface area contributed by atoms with Gasteiger partial charge in [-0.3, -0.25) is 14.5 Å². The highest BCUT2D eigenvalue weighted by atomic mass is 79.9. The van der Waals surface area contributed by atoms with E-state index in [0.29, 0.717) is 19.3 Å². The van der Waals surface area contributed by atoms with Crippen LogP contribution in [0.2, 0.25) is 0 Å². The molecular formula is C14H12BrNO5S2. The lowest BCUT2D eigenvalue weighted by Gasteiger charge is -2.12. The molecule has 0 aromatic heterocycles. The number of methoxy groups -OCH3 is 1. The molecule has 2 N–H and O–H groups in total. The van der Waals surface area contributed by atoms with E-state index in [1.807, 2.05) is 0 Å². The molecule has 1 saturated heterocycles. The van der Waals surface area contributed by atoms with Crippen molar-refractivity contribution in [2.75, 3.05) is 13.7 Å². The summed E-state index contributed by atoms with van der Waals surface area (Å²) in [5.74, 6) is -1.08. The number of aliphatic carboxylic acids is 1. The first-order valence-corrected chi connectivity index (χ1v) is 8.39. The van der Waals surface area contributed by atoms with Gasteiger partial charge in [0, 0.05) is 6.54 Å². The lowest BCUT2D eigenvalue weighted by Crippen LogP contribution is -2.30. The lowest BCUT2D eigenvalue weighted by atomic mass is 10.2. The van der Waals surface area contributed by atoms with Crippen LogP contribution in [0.3, 0.4) is 0 Å². The number of thiocarbonyl (C=S) groups is 1. The number of carbonyl (C=O) groups is 2. The van der Waals surface area contributed by atoms with E-state index in [1.54, 1.807) is 18.2 Å². The molecule has 0 bridgehead atoms. The van der Waals surface area contributed by atoms with Gasteiger partial charge in [-0.05, 0) is 39.7 Å². The fourth-order valence-corrected chi connectivity index (χ4v) is 3.65. The van der Waals surface area contributed by atoms with Crippen LogP contribution < -0.4 is 4.74 Å². The Hall–Kier alpha value is -1.58. The van der Waals surface area contributed by atoms with Gasteiger partial charge in [0.2, 0.25) is 0 Å². The summed E-state index contributed by atoms with van der Waals surface area (Å²) in [5, 5.41) is 18.5. The minimum Gasteiger partial charge on any atom is -0.503 e. The first-order valence-electron chi connectivity index (χ1n) is 6.37. The minimum atomic E-state index is -0.991. The zero-order valence-corrected chi connectivity index (χ0v) is 15.1. The smallest absolute Gasteiger partial charge is 0.305 e. The Balaban J connectivity index is 2.27.